The fourth-order valence-corrected chi connectivity index (χ4v) is 3.79. The Balaban J connectivity index is 2.44. The van der Waals surface area contributed by atoms with Crippen molar-refractivity contribution < 1.29 is 4.74 Å². The second-order valence-electron chi connectivity index (χ2n) is 3.88. The van der Waals surface area contributed by atoms with E-state index < -0.39 is 0 Å². The number of methoxy groups -OCH3 is 1. The number of hydrogen-bond donors (Lipinski definition) is 0. The van der Waals surface area contributed by atoms with Gasteiger partial charge in [0.15, 0.2) is 0 Å². The third-order valence-electron chi connectivity index (χ3n) is 2.57. The maximum absolute atomic E-state index is 6.52. The summed E-state index contributed by atoms with van der Waals surface area (Å²) in [6.07, 6.45) is 0. The molecular weight excluding hydrogens is 355 g/mol. The summed E-state index contributed by atoms with van der Waals surface area (Å²) < 4.78 is 6.94. The Morgan fingerprint density at radius 3 is 2.61 bits per heavy atom. The Kier molecular flexibility index (Phi) is 4.59. The number of halogens is 3. The van der Waals surface area contributed by atoms with Crippen molar-refractivity contribution in [2.45, 2.75) is 12.3 Å². The van der Waals surface area contributed by atoms with Crippen LogP contribution >= 0.6 is 50.5 Å². The highest BCUT2D eigenvalue weighted by atomic mass is 79.9. The molecule has 0 N–H and O–H groups in total. The van der Waals surface area contributed by atoms with Gasteiger partial charge in [-0.2, -0.15) is 0 Å². The normalized spacial score (nSPS) is 12.5. The standard InChI is InChI=1S/C13H11BrCl2OS/c1-7-3-4-10(17-2)8(5-7)12(15)11-6-9(14)13(16)18-11/h3-6,12H,1-2H3. The van der Waals surface area contributed by atoms with Gasteiger partial charge in [-0.15, -0.1) is 22.9 Å². The minimum atomic E-state index is -0.256. The summed E-state index contributed by atoms with van der Waals surface area (Å²) in [6, 6.07) is 7.93. The molecule has 0 amide bonds. The fourth-order valence-electron chi connectivity index (χ4n) is 1.69. The van der Waals surface area contributed by atoms with Gasteiger partial charge in [0, 0.05) is 14.9 Å². The summed E-state index contributed by atoms with van der Waals surface area (Å²) in [7, 11) is 1.65. The van der Waals surface area contributed by atoms with E-state index in [0.29, 0.717) is 4.34 Å². The summed E-state index contributed by atoms with van der Waals surface area (Å²) in [5.41, 5.74) is 2.11. The highest BCUT2D eigenvalue weighted by molar-refractivity contribution is 9.10. The molecule has 1 nitrogen and oxygen atoms in total. The van der Waals surface area contributed by atoms with Crippen LogP contribution in [0.5, 0.6) is 5.75 Å². The maximum Gasteiger partial charge on any atom is 0.123 e. The molecule has 0 saturated carbocycles. The van der Waals surface area contributed by atoms with Crippen LogP contribution in [-0.4, -0.2) is 7.11 Å². The zero-order valence-electron chi connectivity index (χ0n) is 9.84. The molecule has 2 aromatic rings. The summed E-state index contributed by atoms with van der Waals surface area (Å²) in [5, 5.41) is -0.256. The second kappa shape index (κ2) is 5.83. The molecule has 96 valence electrons. The molecule has 0 spiro atoms. The van der Waals surface area contributed by atoms with Crippen LogP contribution in [0, 0.1) is 6.92 Å². The van der Waals surface area contributed by atoms with E-state index in [4.69, 9.17) is 27.9 Å². The first-order chi connectivity index (χ1) is 8.52. The summed E-state index contributed by atoms with van der Waals surface area (Å²) in [4.78, 5) is 0.998. The molecule has 18 heavy (non-hydrogen) atoms. The van der Waals surface area contributed by atoms with Crippen molar-refractivity contribution in [1.82, 2.24) is 0 Å². The summed E-state index contributed by atoms with van der Waals surface area (Å²) >= 11 is 17.4. The average Bonchev–Trinajstić information content (AvgIpc) is 2.68. The number of rotatable bonds is 3. The molecule has 2 rings (SSSR count). The lowest BCUT2D eigenvalue weighted by molar-refractivity contribution is 0.410. The SMILES string of the molecule is COc1ccc(C)cc1C(Cl)c1cc(Br)c(Cl)s1. The van der Waals surface area contributed by atoms with Crippen LogP contribution < -0.4 is 4.74 Å². The van der Waals surface area contributed by atoms with Crippen molar-refractivity contribution in [1.29, 1.82) is 0 Å². The van der Waals surface area contributed by atoms with Crippen molar-refractivity contribution in [3.63, 3.8) is 0 Å². The van der Waals surface area contributed by atoms with E-state index in [1.165, 1.54) is 11.3 Å². The second-order valence-corrected chi connectivity index (χ2v) is 6.85. The number of thiophene rings is 1. The number of alkyl halides is 1. The highest BCUT2D eigenvalue weighted by Crippen LogP contribution is 2.42. The quantitative estimate of drug-likeness (QED) is 0.623. The first kappa shape index (κ1) is 14.2. The van der Waals surface area contributed by atoms with E-state index in [0.717, 1.165) is 26.2 Å². The lowest BCUT2D eigenvalue weighted by atomic mass is 10.1. The first-order valence-electron chi connectivity index (χ1n) is 5.26. The molecule has 0 aliphatic rings. The van der Waals surface area contributed by atoms with Gasteiger partial charge in [-0.1, -0.05) is 29.3 Å². The Bertz CT molecular complexity index is 549. The third kappa shape index (κ3) is 2.85. The van der Waals surface area contributed by atoms with Crippen molar-refractivity contribution in [3.05, 3.63) is 49.1 Å². The Morgan fingerprint density at radius 2 is 2.06 bits per heavy atom. The van der Waals surface area contributed by atoms with Gasteiger partial charge in [-0.25, -0.2) is 0 Å². The average molecular weight is 366 g/mol. The highest BCUT2D eigenvalue weighted by Gasteiger charge is 2.19. The molecule has 1 unspecified atom stereocenters. The third-order valence-corrected chi connectivity index (χ3v) is 5.71. The summed E-state index contributed by atoms with van der Waals surface area (Å²) in [5.74, 6) is 0.793. The van der Waals surface area contributed by atoms with E-state index >= 15 is 0 Å². The molecule has 0 aliphatic carbocycles. The Labute approximate surface area is 129 Å². The first-order valence-corrected chi connectivity index (χ1v) is 7.68. The number of benzene rings is 1. The smallest absolute Gasteiger partial charge is 0.123 e. The molecule has 5 heteroatoms. The minimum Gasteiger partial charge on any atom is -0.496 e. The monoisotopic (exact) mass is 364 g/mol. The largest absolute Gasteiger partial charge is 0.496 e. The van der Waals surface area contributed by atoms with Crippen LogP contribution in [0.4, 0.5) is 0 Å². The van der Waals surface area contributed by atoms with E-state index in [9.17, 15) is 0 Å². The number of ether oxygens (including phenoxy) is 1. The van der Waals surface area contributed by atoms with Crippen molar-refractivity contribution >= 4 is 50.5 Å². The predicted octanol–water partition coefficient (Wildman–Crippen LogP) is 5.81. The topological polar surface area (TPSA) is 9.23 Å². The van der Waals surface area contributed by atoms with Gasteiger partial charge in [0.25, 0.3) is 0 Å². The van der Waals surface area contributed by atoms with Crippen LogP contribution in [0.1, 0.15) is 21.4 Å². The van der Waals surface area contributed by atoms with E-state index in [1.807, 2.05) is 31.2 Å². The maximum atomic E-state index is 6.52. The molecular formula is C13H11BrCl2OS. The Hall–Kier alpha value is -0.220. The van der Waals surface area contributed by atoms with Crippen LogP contribution in [0.2, 0.25) is 4.34 Å². The zero-order chi connectivity index (χ0) is 13.3. The molecule has 1 aromatic carbocycles. The lowest BCUT2D eigenvalue weighted by Crippen LogP contribution is -1.96. The molecule has 1 heterocycles. The van der Waals surface area contributed by atoms with E-state index in [2.05, 4.69) is 15.9 Å². The van der Waals surface area contributed by atoms with Gasteiger partial charge < -0.3 is 4.74 Å². The van der Waals surface area contributed by atoms with Gasteiger partial charge >= 0.3 is 0 Å². The van der Waals surface area contributed by atoms with Gasteiger partial charge in [0.1, 0.15) is 10.1 Å². The lowest BCUT2D eigenvalue weighted by Gasteiger charge is -2.13. The molecule has 0 aliphatic heterocycles. The van der Waals surface area contributed by atoms with Gasteiger partial charge in [-0.05, 0) is 35.0 Å². The van der Waals surface area contributed by atoms with Crippen LogP contribution in [0.15, 0.2) is 28.7 Å². The van der Waals surface area contributed by atoms with E-state index in [1.54, 1.807) is 7.11 Å². The molecule has 0 fully saturated rings. The predicted molar refractivity (Wildman–Crippen MR) is 82.5 cm³/mol. The van der Waals surface area contributed by atoms with E-state index in [-0.39, 0.29) is 5.38 Å². The molecule has 1 aromatic heterocycles. The number of hydrogen-bond acceptors (Lipinski definition) is 2. The van der Waals surface area contributed by atoms with Crippen LogP contribution in [0.3, 0.4) is 0 Å². The van der Waals surface area contributed by atoms with Crippen molar-refractivity contribution in [3.8, 4) is 5.75 Å². The van der Waals surface area contributed by atoms with Crippen molar-refractivity contribution in [2.24, 2.45) is 0 Å². The zero-order valence-corrected chi connectivity index (χ0v) is 13.8. The fraction of sp³-hybridized carbons (Fsp3) is 0.231. The minimum absolute atomic E-state index is 0.256. The van der Waals surface area contributed by atoms with Crippen LogP contribution in [-0.2, 0) is 0 Å². The van der Waals surface area contributed by atoms with Gasteiger partial charge in [0.05, 0.1) is 12.5 Å². The van der Waals surface area contributed by atoms with Crippen molar-refractivity contribution in [2.75, 3.05) is 7.11 Å². The molecule has 0 radical (unpaired) electrons. The van der Waals surface area contributed by atoms with Gasteiger partial charge in [0.2, 0.25) is 0 Å². The van der Waals surface area contributed by atoms with Crippen LogP contribution in [0.25, 0.3) is 0 Å². The molecule has 1 atom stereocenters. The molecule has 0 bridgehead atoms. The Morgan fingerprint density at radius 1 is 1.33 bits per heavy atom. The summed E-state index contributed by atoms with van der Waals surface area (Å²) in [6.45, 7) is 2.03. The van der Waals surface area contributed by atoms with Gasteiger partial charge in [-0.3, -0.25) is 0 Å². The molecule has 0 saturated heterocycles. The number of aryl methyl sites for hydroxylation is 1.